The summed E-state index contributed by atoms with van der Waals surface area (Å²) in [5, 5.41) is 11.8. The number of amides is 1. The zero-order chi connectivity index (χ0) is 21.1. The van der Waals surface area contributed by atoms with Crippen LogP contribution in [0.2, 0.25) is 0 Å². The van der Waals surface area contributed by atoms with Gasteiger partial charge in [-0.1, -0.05) is 25.6 Å². The first-order valence-corrected chi connectivity index (χ1v) is 10.8. The van der Waals surface area contributed by atoms with Gasteiger partial charge >= 0.3 is 0 Å². The van der Waals surface area contributed by atoms with Crippen molar-refractivity contribution in [2.45, 2.75) is 45.1 Å². The third-order valence-corrected chi connectivity index (χ3v) is 6.11. The van der Waals surface area contributed by atoms with Crippen LogP contribution in [0, 0.1) is 19.8 Å². The summed E-state index contributed by atoms with van der Waals surface area (Å²) in [7, 11) is 0. The molecule has 0 saturated heterocycles. The maximum Gasteiger partial charge on any atom is 0.277 e. The molecule has 1 unspecified atom stereocenters. The van der Waals surface area contributed by atoms with E-state index in [9.17, 15) is 9.59 Å². The number of anilines is 1. The summed E-state index contributed by atoms with van der Waals surface area (Å²) in [4.78, 5) is 29.7. The van der Waals surface area contributed by atoms with Gasteiger partial charge in [-0.3, -0.25) is 9.59 Å². The molecule has 2 aromatic heterocycles. The normalized spacial score (nSPS) is 12.2. The number of aryl methyl sites for hydroxylation is 2. The zero-order valence-corrected chi connectivity index (χ0v) is 18.5. The first kappa shape index (κ1) is 21.2. The molecule has 0 bridgehead atoms. The maximum absolute atomic E-state index is 12.7. The predicted molar refractivity (Wildman–Crippen MR) is 114 cm³/mol. The van der Waals surface area contributed by atoms with E-state index in [2.05, 4.69) is 20.5 Å². The Kier molecular flexibility index (Phi) is 6.49. The molecule has 9 heteroatoms. The van der Waals surface area contributed by atoms with Gasteiger partial charge in [-0.2, -0.15) is 0 Å². The molecule has 3 rings (SSSR count). The van der Waals surface area contributed by atoms with Gasteiger partial charge in [0.2, 0.25) is 5.91 Å². The monoisotopic (exact) mass is 430 g/mol. The molecule has 0 spiro atoms. The summed E-state index contributed by atoms with van der Waals surface area (Å²) in [5.74, 6) is 0.193. The van der Waals surface area contributed by atoms with Crippen LogP contribution in [0.1, 0.15) is 41.8 Å². The number of benzene rings is 1. The minimum atomic E-state index is -0.399. The third-order valence-electron chi connectivity index (χ3n) is 4.11. The van der Waals surface area contributed by atoms with Crippen molar-refractivity contribution in [2.24, 2.45) is 5.92 Å². The van der Waals surface area contributed by atoms with Crippen LogP contribution in [0.3, 0.4) is 0 Å². The van der Waals surface area contributed by atoms with E-state index in [0.717, 1.165) is 15.6 Å². The quantitative estimate of drug-likeness (QED) is 0.426. The van der Waals surface area contributed by atoms with Crippen LogP contribution in [0.15, 0.2) is 33.9 Å². The fraction of sp³-hybridized carbons (Fsp3) is 0.350. The zero-order valence-electron chi connectivity index (χ0n) is 16.8. The molecule has 1 amide bonds. The minimum absolute atomic E-state index is 0.0544. The summed E-state index contributed by atoms with van der Waals surface area (Å²) in [6.45, 7) is 9.27. The van der Waals surface area contributed by atoms with Crippen LogP contribution < -0.4 is 5.32 Å². The summed E-state index contributed by atoms with van der Waals surface area (Å²) in [6, 6.07) is 6.87. The van der Waals surface area contributed by atoms with E-state index >= 15 is 0 Å². The van der Waals surface area contributed by atoms with Crippen LogP contribution in [-0.4, -0.2) is 32.1 Å². The van der Waals surface area contributed by atoms with Crippen molar-refractivity contribution in [3.8, 4) is 10.8 Å². The van der Waals surface area contributed by atoms with Gasteiger partial charge in [-0.15, -0.1) is 21.5 Å². The van der Waals surface area contributed by atoms with E-state index in [4.69, 9.17) is 4.42 Å². The van der Waals surface area contributed by atoms with Crippen molar-refractivity contribution >= 4 is 40.5 Å². The third kappa shape index (κ3) is 5.10. The number of aromatic nitrogens is 3. The lowest BCUT2D eigenvalue weighted by Crippen LogP contribution is -2.18. The SMILES string of the molecule is Cc1nc(C)c(-c2nnc(SC(C)C(=O)c3ccc(NC(=O)C(C)C)cc3)o2)s1. The van der Waals surface area contributed by atoms with Crippen molar-refractivity contribution < 1.29 is 14.0 Å². The molecule has 1 aromatic carbocycles. The molecular weight excluding hydrogens is 408 g/mol. The number of thiazole rings is 1. The molecule has 7 nitrogen and oxygen atoms in total. The van der Waals surface area contributed by atoms with Crippen molar-refractivity contribution in [2.75, 3.05) is 5.32 Å². The largest absolute Gasteiger partial charge is 0.410 e. The van der Waals surface area contributed by atoms with Crippen LogP contribution in [0.4, 0.5) is 5.69 Å². The molecular formula is C20H22N4O3S2. The Labute approximate surface area is 177 Å². The Balaban J connectivity index is 1.65. The van der Waals surface area contributed by atoms with Crippen LogP contribution in [-0.2, 0) is 4.79 Å². The molecule has 2 heterocycles. The number of nitrogens with zero attached hydrogens (tertiary/aromatic N) is 3. The fourth-order valence-corrected chi connectivity index (χ4v) is 4.12. The standard InChI is InChI=1S/C20H22N4O3S2/c1-10(2)18(26)22-15-8-6-14(7-9-15)16(25)12(4)28-20-24-23-19(27-20)17-11(3)21-13(5)29-17/h6-10,12H,1-5H3,(H,22,26). The number of thioether (sulfide) groups is 1. The van der Waals surface area contributed by atoms with Gasteiger partial charge in [0.25, 0.3) is 11.1 Å². The van der Waals surface area contributed by atoms with Crippen molar-refractivity contribution in [3.63, 3.8) is 0 Å². The number of carbonyl (C=O) groups is 2. The first-order valence-electron chi connectivity index (χ1n) is 9.14. The molecule has 29 heavy (non-hydrogen) atoms. The van der Waals surface area contributed by atoms with Gasteiger partial charge in [-0.25, -0.2) is 4.98 Å². The molecule has 0 fully saturated rings. The number of hydrogen-bond acceptors (Lipinski definition) is 8. The van der Waals surface area contributed by atoms with Gasteiger partial charge in [0.1, 0.15) is 4.88 Å². The van der Waals surface area contributed by atoms with Crippen molar-refractivity contribution in [1.29, 1.82) is 0 Å². The van der Waals surface area contributed by atoms with Crippen LogP contribution in [0.25, 0.3) is 10.8 Å². The average molecular weight is 431 g/mol. The lowest BCUT2D eigenvalue weighted by molar-refractivity contribution is -0.118. The highest BCUT2D eigenvalue weighted by Gasteiger charge is 2.21. The lowest BCUT2D eigenvalue weighted by Gasteiger charge is -2.10. The number of ketones is 1. The molecule has 0 aliphatic heterocycles. The first-order chi connectivity index (χ1) is 13.7. The number of carbonyl (C=O) groups excluding carboxylic acids is 2. The highest BCUT2D eigenvalue weighted by molar-refractivity contribution is 8.00. The molecule has 0 aliphatic carbocycles. The highest BCUT2D eigenvalue weighted by atomic mass is 32.2. The second kappa shape index (κ2) is 8.87. The van der Waals surface area contributed by atoms with Crippen molar-refractivity contribution in [1.82, 2.24) is 15.2 Å². The molecule has 1 atom stereocenters. The van der Waals surface area contributed by atoms with Crippen LogP contribution in [0.5, 0.6) is 0 Å². The van der Waals surface area contributed by atoms with E-state index in [0.29, 0.717) is 22.4 Å². The van der Waals surface area contributed by atoms with Crippen LogP contribution >= 0.6 is 23.1 Å². The van der Waals surface area contributed by atoms with E-state index in [-0.39, 0.29) is 17.6 Å². The highest BCUT2D eigenvalue weighted by Crippen LogP contribution is 2.32. The van der Waals surface area contributed by atoms with E-state index in [1.807, 2.05) is 27.7 Å². The van der Waals surface area contributed by atoms with E-state index in [1.54, 1.807) is 31.2 Å². The number of Topliss-reactive ketones (excluding diaryl/α,β-unsaturated/α-hetero) is 1. The minimum Gasteiger partial charge on any atom is -0.410 e. The van der Waals surface area contributed by atoms with Gasteiger partial charge in [-0.05, 0) is 45.0 Å². The van der Waals surface area contributed by atoms with Gasteiger partial charge < -0.3 is 9.73 Å². The average Bonchev–Trinajstić information content (AvgIpc) is 3.27. The smallest absolute Gasteiger partial charge is 0.277 e. The fourth-order valence-electron chi connectivity index (χ4n) is 2.52. The molecule has 0 aliphatic rings. The molecule has 152 valence electrons. The molecule has 0 saturated carbocycles. The number of rotatable bonds is 7. The Hall–Kier alpha value is -2.52. The van der Waals surface area contributed by atoms with Gasteiger partial charge in [0.05, 0.1) is 16.0 Å². The van der Waals surface area contributed by atoms with Crippen molar-refractivity contribution in [3.05, 3.63) is 40.5 Å². The second-order valence-corrected chi connectivity index (χ2v) is 9.36. The van der Waals surface area contributed by atoms with E-state index < -0.39 is 5.25 Å². The Morgan fingerprint density at radius 2 is 1.79 bits per heavy atom. The van der Waals surface area contributed by atoms with Gasteiger partial charge in [0, 0.05) is 17.2 Å². The lowest BCUT2D eigenvalue weighted by atomic mass is 10.1. The Bertz CT molecular complexity index is 1020. The summed E-state index contributed by atoms with van der Waals surface area (Å²) >= 11 is 2.71. The Morgan fingerprint density at radius 1 is 1.10 bits per heavy atom. The summed E-state index contributed by atoms with van der Waals surface area (Å²) < 4.78 is 5.72. The van der Waals surface area contributed by atoms with E-state index in [1.165, 1.54) is 23.1 Å². The Morgan fingerprint density at radius 3 is 2.38 bits per heavy atom. The molecule has 0 radical (unpaired) electrons. The topological polar surface area (TPSA) is 98.0 Å². The second-order valence-electron chi connectivity index (χ2n) is 6.87. The number of hydrogen-bond donors (Lipinski definition) is 1. The summed E-state index contributed by atoms with van der Waals surface area (Å²) in [6.07, 6.45) is 0. The summed E-state index contributed by atoms with van der Waals surface area (Å²) in [5.41, 5.74) is 2.07. The van der Waals surface area contributed by atoms with Gasteiger partial charge in [0.15, 0.2) is 5.78 Å². The predicted octanol–water partition coefficient (Wildman–Crippen LogP) is 4.77. The molecule has 1 N–H and O–H groups in total. The molecule has 3 aromatic rings. The maximum atomic E-state index is 12.7. The number of nitrogens with one attached hydrogen (secondary N) is 1.